The smallest absolute Gasteiger partial charge is 0.354 e. The van der Waals surface area contributed by atoms with Crippen molar-refractivity contribution in [2.75, 3.05) is 19.0 Å². The molecule has 0 amide bonds. The van der Waals surface area contributed by atoms with E-state index in [-0.39, 0.29) is 38.0 Å². The van der Waals surface area contributed by atoms with Crippen LogP contribution in [0.1, 0.15) is 41.3 Å². The average molecular weight is 607 g/mol. The molecule has 1 N–H and O–H groups in total. The topological polar surface area (TPSA) is 79.2 Å². The van der Waals surface area contributed by atoms with Crippen molar-refractivity contribution < 1.29 is 39.7 Å². The van der Waals surface area contributed by atoms with Gasteiger partial charge in [0.25, 0.3) is 0 Å². The predicted octanol–water partition coefficient (Wildman–Crippen LogP) is 4.01. The summed E-state index contributed by atoms with van der Waals surface area (Å²) in [5, 5.41) is 9.36. The maximum absolute atomic E-state index is 14.3. The van der Waals surface area contributed by atoms with Gasteiger partial charge in [0.15, 0.2) is 0 Å². The number of carboxylic acid groups (broad SMARTS) is 1. The van der Waals surface area contributed by atoms with Gasteiger partial charge in [0, 0.05) is 52.0 Å². The molecular formula is C22H21F2N4O2Pt-. The fourth-order valence-corrected chi connectivity index (χ4v) is 3.00. The second-order valence-electron chi connectivity index (χ2n) is 7.72. The summed E-state index contributed by atoms with van der Waals surface area (Å²) in [5.74, 6) is -3.10. The van der Waals surface area contributed by atoms with Crippen molar-refractivity contribution in [2.45, 2.75) is 26.2 Å². The number of aromatic carboxylic acids is 1. The summed E-state index contributed by atoms with van der Waals surface area (Å²) < 4.78 is 27.5. The van der Waals surface area contributed by atoms with E-state index in [0.29, 0.717) is 11.4 Å². The van der Waals surface area contributed by atoms with Gasteiger partial charge in [-0.05, 0) is 50.2 Å². The van der Waals surface area contributed by atoms with Crippen LogP contribution in [0, 0.1) is 24.9 Å². The number of carbonyl (C=O) groups is 1. The molecule has 0 bridgehead atoms. The molecule has 6 nitrogen and oxygen atoms in total. The Morgan fingerprint density at radius 3 is 2.29 bits per heavy atom. The fraction of sp³-hybridized carbons (Fsp3) is 0.273. The van der Waals surface area contributed by atoms with E-state index in [0.717, 1.165) is 17.3 Å². The summed E-state index contributed by atoms with van der Waals surface area (Å²) in [4.78, 5) is 25.4. The Morgan fingerprint density at radius 2 is 1.71 bits per heavy atom. The third-order valence-corrected chi connectivity index (χ3v) is 4.80. The number of hydrogen-bond donors (Lipinski definition) is 1. The van der Waals surface area contributed by atoms with E-state index < -0.39 is 23.3 Å². The largest absolute Gasteiger partial charge is 0.477 e. The number of aromatic nitrogens is 3. The summed E-state index contributed by atoms with van der Waals surface area (Å²) >= 11 is 0. The Balaban J connectivity index is 0.00000341. The van der Waals surface area contributed by atoms with Crippen LogP contribution in [-0.2, 0) is 26.5 Å². The number of anilines is 1. The molecule has 0 radical (unpaired) electrons. The number of hydrogen-bond acceptors (Lipinski definition) is 5. The van der Waals surface area contributed by atoms with Crippen LogP contribution in [0.25, 0.3) is 11.3 Å². The van der Waals surface area contributed by atoms with E-state index in [1.54, 1.807) is 19.1 Å². The second-order valence-corrected chi connectivity index (χ2v) is 7.72. The summed E-state index contributed by atoms with van der Waals surface area (Å²) in [6, 6.07) is 10.3. The van der Waals surface area contributed by atoms with E-state index in [4.69, 9.17) is 0 Å². The summed E-state index contributed by atoms with van der Waals surface area (Å²) in [7, 11) is 3.65. The molecule has 3 aromatic heterocycles. The minimum Gasteiger partial charge on any atom is -0.477 e. The molecule has 3 rings (SSSR count). The van der Waals surface area contributed by atoms with Crippen molar-refractivity contribution in [3.63, 3.8) is 0 Å². The molecule has 9 heteroatoms. The Bertz CT molecular complexity index is 1140. The van der Waals surface area contributed by atoms with Gasteiger partial charge in [-0.15, -0.1) is 6.07 Å². The average Bonchev–Trinajstić information content (AvgIpc) is 2.67. The number of rotatable bonds is 5. The van der Waals surface area contributed by atoms with Gasteiger partial charge in [-0.3, -0.25) is 4.98 Å². The number of pyridine rings is 3. The third kappa shape index (κ3) is 5.13. The van der Waals surface area contributed by atoms with Gasteiger partial charge in [0.2, 0.25) is 0 Å². The first-order valence-electron chi connectivity index (χ1n) is 9.15. The first-order valence-corrected chi connectivity index (χ1v) is 9.15. The molecule has 0 saturated heterocycles. The molecule has 0 spiro atoms. The van der Waals surface area contributed by atoms with Crippen LogP contribution in [0.5, 0.6) is 0 Å². The van der Waals surface area contributed by atoms with Crippen LogP contribution >= 0.6 is 0 Å². The quantitative estimate of drug-likeness (QED) is 0.350. The standard InChI is InChI=1S/C22H21F2N4O2.Pt/c1-12-8-16(21(29)30)26-17(9-12)22(2,3)18-11-13(28(4)5)10-15(25-18)14-6-7-19(23)27-20(14)24;/h7-11H,1-5H3,(H,29,30);/q-1;. The normalized spacial score (nSPS) is 11.1. The van der Waals surface area contributed by atoms with Crippen LogP contribution < -0.4 is 4.90 Å². The van der Waals surface area contributed by atoms with Crippen LogP contribution in [0.15, 0.2) is 30.3 Å². The van der Waals surface area contributed by atoms with Crippen LogP contribution in [0.2, 0.25) is 0 Å². The zero-order chi connectivity index (χ0) is 22.2. The fourth-order valence-electron chi connectivity index (χ4n) is 3.00. The zero-order valence-corrected chi connectivity index (χ0v) is 19.9. The van der Waals surface area contributed by atoms with E-state index in [1.165, 1.54) is 6.07 Å². The third-order valence-electron chi connectivity index (χ3n) is 4.80. The molecule has 31 heavy (non-hydrogen) atoms. The Morgan fingerprint density at radius 1 is 1.06 bits per heavy atom. The van der Waals surface area contributed by atoms with Crippen molar-refractivity contribution in [1.29, 1.82) is 0 Å². The number of carboxylic acids is 1. The first-order chi connectivity index (χ1) is 14.0. The molecule has 3 aromatic rings. The number of nitrogens with zero attached hydrogens (tertiary/aromatic N) is 4. The molecule has 0 unspecified atom stereocenters. The van der Waals surface area contributed by atoms with Crippen molar-refractivity contribution >= 4 is 11.7 Å². The zero-order valence-electron chi connectivity index (χ0n) is 17.6. The van der Waals surface area contributed by atoms with Gasteiger partial charge in [-0.25, -0.2) is 18.6 Å². The number of halogens is 2. The summed E-state index contributed by atoms with van der Waals surface area (Å²) in [6.07, 6.45) is 0. The van der Waals surface area contributed by atoms with Crippen LogP contribution in [0.3, 0.4) is 0 Å². The van der Waals surface area contributed by atoms with Crippen molar-refractivity contribution in [3.8, 4) is 11.3 Å². The van der Waals surface area contributed by atoms with Gasteiger partial charge >= 0.3 is 5.97 Å². The monoisotopic (exact) mass is 606 g/mol. The molecule has 0 atom stereocenters. The van der Waals surface area contributed by atoms with Gasteiger partial charge < -0.3 is 15.0 Å². The van der Waals surface area contributed by atoms with Gasteiger partial charge in [-0.1, -0.05) is 17.7 Å². The van der Waals surface area contributed by atoms with Crippen LogP contribution in [0.4, 0.5) is 14.5 Å². The first kappa shape index (κ1) is 24.5. The maximum atomic E-state index is 14.3. The van der Waals surface area contributed by atoms with Gasteiger partial charge in [0.05, 0.1) is 5.69 Å². The minimum absolute atomic E-state index is 0. The van der Waals surface area contributed by atoms with E-state index in [1.807, 2.05) is 38.9 Å². The van der Waals surface area contributed by atoms with Crippen molar-refractivity contribution in [1.82, 2.24) is 15.0 Å². The molecule has 0 aliphatic carbocycles. The number of aryl methyl sites for hydroxylation is 1. The van der Waals surface area contributed by atoms with Crippen LogP contribution in [-0.4, -0.2) is 40.1 Å². The predicted molar refractivity (Wildman–Crippen MR) is 109 cm³/mol. The molecule has 0 aliphatic rings. The van der Waals surface area contributed by atoms with Crippen molar-refractivity contribution in [2.24, 2.45) is 0 Å². The molecule has 0 fully saturated rings. The SMILES string of the molecule is Cc1cc(C(=O)O)nc(C(C)(C)c2cc(N(C)C)cc(-c3[c-]cc(F)nc3F)n2)c1.[Pt]. The Hall–Kier alpha value is -2.73. The van der Waals surface area contributed by atoms with E-state index in [9.17, 15) is 18.7 Å². The molecule has 0 aliphatic heterocycles. The summed E-state index contributed by atoms with van der Waals surface area (Å²) in [6.45, 7) is 5.50. The Labute approximate surface area is 193 Å². The Kier molecular flexibility index (Phi) is 7.27. The maximum Gasteiger partial charge on any atom is 0.354 e. The van der Waals surface area contributed by atoms with E-state index >= 15 is 0 Å². The molecular weight excluding hydrogens is 585 g/mol. The molecule has 0 saturated carbocycles. The van der Waals surface area contributed by atoms with Gasteiger partial charge in [-0.2, -0.15) is 0 Å². The second kappa shape index (κ2) is 9.18. The van der Waals surface area contributed by atoms with E-state index in [2.05, 4.69) is 21.0 Å². The van der Waals surface area contributed by atoms with Crippen molar-refractivity contribution in [3.05, 3.63) is 70.9 Å². The molecule has 166 valence electrons. The molecule has 3 heterocycles. The molecule has 0 aromatic carbocycles. The van der Waals surface area contributed by atoms with Gasteiger partial charge in [0.1, 0.15) is 17.6 Å². The minimum atomic E-state index is -1.12. The summed E-state index contributed by atoms with van der Waals surface area (Å²) in [5.41, 5.74) is 1.83.